The number of ether oxygens (including phenoxy) is 1. The number of anilines is 1. The van der Waals surface area contributed by atoms with E-state index >= 15 is 0 Å². The first-order valence-corrected chi connectivity index (χ1v) is 10.0. The summed E-state index contributed by atoms with van der Waals surface area (Å²) in [7, 11) is 0. The molecule has 1 aromatic carbocycles. The maximum Gasteiger partial charge on any atom is 0.290 e. The Balaban J connectivity index is 0.000000755. The van der Waals surface area contributed by atoms with Crippen molar-refractivity contribution in [1.29, 1.82) is 0 Å². The minimum Gasteiger partial charge on any atom is -0.483 e. The maximum absolute atomic E-state index is 11.9. The molecule has 158 valence electrons. The van der Waals surface area contributed by atoms with Crippen molar-refractivity contribution < 1.29 is 14.6 Å². The number of piperazine rings is 1. The fourth-order valence-electron chi connectivity index (χ4n) is 3.66. The van der Waals surface area contributed by atoms with Gasteiger partial charge in [0.15, 0.2) is 5.15 Å². The molecule has 10 heteroatoms. The van der Waals surface area contributed by atoms with Crippen LogP contribution in [0.15, 0.2) is 23.0 Å². The molecule has 0 spiro atoms. The minimum absolute atomic E-state index is 0.205. The van der Waals surface area contributed by atoms with Gasteiger partial charge in [0.1, 0.15) is 0 Å². The van der Waals surface area contributed by atoms with Gasteiger partial charge in [-0.2, -0.15) is 5.10 Å². The number of nitrogens with zero attached hydrogens (tertiary/aromatic N) is 4. The molecule has 2 aliphatic heterocycles. The highest BCUT2D eigenvalue weighted by Gasteiger charge is 2.19. The fourth-order valence-corrected chi connectivity index (χ4v) is 3.85. The first kappa shape index (κ1) is 21.5. The summed E-state index contributed by atoms with van der Waals surface area (Å²) in [6.07, 6.45) is 0. The molecule has 1 aromatic heterocycles. The average Bonchev–Trinajstić information content (AvgIpc) is 2.76. The van der Waals surface area contributed by atoms with Gasteiger partial charge < -0.3 is 14.7 Å². The lowest BCUT2D eigenvalue weighted by atomic mass is 10.1. The maximum atomic E-state index is 11.9. The summed E-state index contributed by atoms with van der Waals surface area (Å²) in [5, 5.41) is 14.8. The van der Waals surface area contributed by atoms with E-state index in [1.165, 1.54) is 0 Å². The van der Waals surface area contributed by atoms with E-state index in [9.17, 15) is 4.79 Å². The van der Waals surface area contributed by atoms with E-state index in [0.717, 1.165) is 71.3 Å². The van der Waals surface area contributed by atoms with Gasteiger partial charge in [-0.25, -0.2) is 5.10 Å². The molecule has 0 aliphatic carbocycles. The number of H-pyrrole nitrogens is 1. The average molecular weight is 424 g/mol. The number of nitrogens with one attached hydrogen (secondary N) is 1. The number of benzene rings is 1. The monoisotopic (exact) mass is 423 g/mol. The molecule has 0 unspecified atom stereocenters. The van der Waals surface area contributed by atoms with E-state index < -0.39 is 0 Å². The molecule has 0 atom stereocenters. The molecule has 0 radical (unpaired) electrons. The van der Waals surface area contributed by atoms with Gasteiger partial charge in [-0.3, -0.25) is 19.4 Å². The third-order valence-electron chi connectivity index (χ3n) is 5.30. The van der Waals surface area contributed by atoms with Gasteiger partial charge in [0, 0.05) is 63.4 Å². The lowest BCUT2D eigenvalue weighted by molar-refractivity contribution is -0.122. The van der Waals surface area contributed by atoms with Gasteiger partial charge in [-0.1, -0.05) is 11.6 Å². The van der Waals surface area contributed by atoms with Crippen LogP contribution < -0.4 is 10.5 Å². The standard InChI is InChI=1S/C18H24ClN5O2.CH2O2/c19-17-16-13-14(1-2-15(16)18(25)21-20-17)24-7-5-22(6-8-24)3-4-23-9-11-26-12-10-23;2-1-3/h1-2,13H,3-12H2,(H,21,25);1H,(H,2,3). The molecule has 2 saturated heterocycles. The lowest BCUT2D eigenvalue weighted by Gasteiger charge is -2.37. The molecule has 2 aromatic rings. The molecule has 2 aliphatic rings. The van der Waals surface area contributed by atoms with E-state index in [-0.39, 0.29) is 12.0 Å². The second kappa shape index (κ2) is 10.5. The van der Waals surface area contributed by atoms with Crippen LogP contribution in [0.25, 0.3) is 10.8 Å². The molecule has 0 saturated carbocycles. The first-order valence-electron chi connectivity index (χ1n) is 9.65. The van der Waals surface area contributed by atoms with Gasteiger partial charge in [0.2, 0.25) is 0 Å². The Hall–Kier alpha value is -2.20. The van der Waals surface area contributed by atoms with Crippen molar-refractivity contribution >= 4 is 34.5 Å². The van der Waals surface area contributed by atoms with Crippen LogP contribution in [0, 0.1) is 0 Å². The van der Waals surface area contributed by atoms with Gasteiger partial charge in [0.25, 0.3) is 12.0 Å². The molecular formula is C19H26ClN5O4. The Labute approximate surface area is 173 Å². The number of halogens is 1. The predicted molar refractivity (Wildman–Crippen MR) is 112 cm³/mol. The zero-order valence-corrected chi connectivity index (χ0v) is 17.0. The fraction of sp³-hybridized carbons (Fsp3) is 0.526. The predicted octanol–water partition coefficient (Wildman–Crippen LogP) is 0.732. The van der Waals surface area contributed by atoms with Gasteiger partial charge in [0.05, 0.1) is 18.6 Å². The van der Waals surface area contributed by atoms with Crippen molar-refractivity contribution in [3.05, 3.63) is 33.7 Å². The highest BCUT2D eigenvalue weighted by Crippen LogP contribution is 2.25. The van der Waals surface area contributed by atoms with E-state index in [1.54, 1.807) is 0 Å². The van der Waals surface area contributed by atoms with Crippen LogP contribution in [0.3, 0.4) is 0 Å². The number of hydrogen-bond donors (Lipinski definition) is 2. The number of morpholine rings is 1. The van der Waals surface area contributed by atoms with Crippen molar-refractivity contribution in [2.24, 2.45) is 0 Å². The second-order valence-corrected chi connectivity index (χ2v) is 7.32. The van der Waals surface area contributed by atoms with E-state index in [0.29, 0.717) is 15.9 Å². The van der Waals surface area contributed by atoms with E-state index in [4.69, 9.17) is 26.2 Å². The molecule has 29 heavy (non-hydrogen) atoms. The normalized spacial score (nSPS) is 18.3. The number of hydrogen-bond acceptors (Lipinski definition) is 7. The highest BCUT2D eigenvalue weighted by molar-refractivity contribution is 6.34. The smallest absolute Gasteiger partial charge is 0.290 e. The zero-order chi connectivity index (χ0) is 20.6. The van der Waals surface area contributed by atoms with Crippen LogP contribution in [0.2, 0.25) is 5.15 Å². The third kappa shape index (κ3) is 5.66. The Morgan fingerprint density at radius 3 is 2.34 bits per heavy atom. The Kier molecular flexibility index (Phi) is 7.82. The van der Waals surface area contributed by atoms with Crippen LogP contribution in [0.1, 0.15) is 0 Å². The van der Waals surface area contributed by atoms with Crippen LogP contribution in [-0.2, 0) is 9.53 Å². The first-order chi connectivity index (χ1) is 14.1. The van der Waals surface area contributed by atoms with Crippen LogP contribution in [0.5, 0.6) is 0 Å². The Morgan fingerprint density at radius 1 is 1.07 bits per heavy atom. The summed E-state index contributed by atoms with van der Waals surface area (Å²) in [6, 6.07) is 5.81. The number of carboxylic acid groups (broad SMARTS) is 1. The Morgan fingerprint density at radius 2 is 1.69 bits per heavy atom. The molecule has 2 N–H and O–H groups in total. The van der Waals surface area contributed by atoms with Crippen molar-refractivity contribution in [2.75, 3.05) is 70.5 Å². The number of rotatable bonds is 4. The summed E-state index contributed by atoms with van der Waals surface area (Å²) in [6.45, 7) is 9.82. The highest BCUT2D eigenvalue weighted by atomic mass is 35.5. The molecular weight excluding hydrogens is 398 g/mol. The van der Waals surface area contributed by atoms with Gasteiger partial charge >= 0.3 is 0 Å². The van der Waals surface area contributed by atoms with Crippen molar-refractivity contribution in [3.8, 4) is 0 Å². The second-order valence-electron chi connectivity index (χ2n) is 6.96. The summed E-state index contributed by atoms with van der Waals surface area (Å²) in [5.74, 6) is 0. The molecule has 9 nitrogen and oxygen atoms in total. The lowest BCUT2D eigenvalue weighted by Crippen LogP contribution is -2.49. The molecule has 4 rings (SSSR count). The largest absolute Gasteiger partial charge is 0.483 e. The van der Waals surface area contributed by atoms with E-state index in [1.807, 2.05) is 18.2 Å². The third-order valence-corrected chi connectivity index (χ3v) is 5.59. The zero-order valence-electron chi connectivity index (χ0n) is 16.2. The van der Waals surface area contributed by atoms with Crippen LogP contribution in [0.4, 0.5) is 5.69 Å². The number of aromatic amines is 1. The molecule has 0 bridgehead atoms. The number of carbonyl (C=O) groups is 1. The Bertz CT molecular complexity index is 863. The summed E-state index contributed by atoms with van der Waals surface area (Å²) in [5.41, 5.74) is 0.892. The number of aromatic nitrogens is 2. The van der Waals surface area contributed by atoms with Crippen molar-refractivity contribution in [2.45, 2.75) is 0 Å². The summed E-state index contributed by atoms with van der Waals surface area (Å²) in [4.78, 5) is 27.6. The van der Waals surface area contributed by atoms with Crippen LogP contribution in [-0.4, -0.2) is 97.1 Å². The minimum atomic E-state index is -0.250. The quantitative estimate of drug-likeness (QED) is 0.694. The molecule has 2 fully saturated rings. The van der Waals surface area contributed by atoms with E-state index in [2.05, 4.69) is 24.9 Å². The number of fused-ring (bicyclic) bond motifs is 1. The summed E-state index contributed by atoms with van der Waals surface area (Å²) < 4.78 is 5.40. The topological polar surface area (TPSA) is 102 Å². The van der Waals surface area contributed by atoms with Gasteiger partial charge in [-0.05, 0) is 18.2 Å². The molecule has 0 amide bonds. The molecule has 3 heterocycles. The SMILES string of the molecule is O=CO.O=c1[nH]nc(Cl)c2cc(N3CCN(CCN4CCOCC4)CC3)ccc12. The van der Waals surface area contributed by atoms with Crippen molar-refractivity contribution in [3.63, 3.8) is 0 Å². The van der Waals surface area contributed by atoms with Crippen molar-refractivity contribution in [1.82, 2.24) is 20.0 Å². The van der Waals surface area contributed by atoms with Gasteiger partial charge in [-0.15, -0.1) is 0 Å². The summed E-state index contributed by atoms with van der Waals surface area (Å²) >= 11 is 6.16. The van der Waals surface area contributed by atoms with Crippen LogP contribution >= 0.6 is 11.6 Å².